The maximum atomic E-state index is 13.7. The molecule has 0 spiro atoms. The van der Waals surface area contributed by atoms with E-state index in [0.717, 1.165) is 35.6 Å². The molecule has 1 amide bonds. The molecule has 0 saturated carbocycles. The second-order valence-corrected chi connectivity index (χ2v) is 8.88. The number of amides is 1. The van der Waals surface area contributed by atoms with Crippen molar-refractivity contribution in [3.05, 3.63) is 52.1 Å². The molecule has 0 bridgehead atoms. The Kier molecular flexibility index (Phi) is 6.84. The molecular formula is C22H26N4O3S2. The highest BCUT2D eigenvalue weighted by molar-refractivity contribution is 7.71. The molecule has 31 heavy (non-hydrogen) atoms. The smallest absolute Gasteiger partial charge is 0.245 e. The number of H-pyrrole nitrogens is 1. The first-order valence-electron chi connectivity index (χ1n) is 10.3. The number of carbonyl (C=O) groups is 1. The number of nitrogens with zero attached hydrogens (tertiary/aromatic N) is 3. The van der Waals surface area contributed by atoms with Crippen LogP contribution in [-0.4, -0.2) is 51.9 Å². The summed E-state index contributed by atoms with van der Waals surface area (Å²) >= 11 is 7.04. The summed E-state index contributed by atoms with van der Waals surface area (Å²) in [6.07, 6.45) is 2.02. The van der Waals surface area contributed by atoms with Crippen molar-refractivity contribution in [2.75, 3.05) is 20.3 Å². The summed E-state index contributed by atoms with van der Waals surface area (Å²) in [5, 5.41) is 9.21. The van der Waals surface area contributed by atoms with E-state index in [4.69, 9.17) is 21.7 Å². The third kappa shape index (κ3) is 4.73. The van der Waals surface area contributed by atoms with Gasteiger partial charge in [-0.2, -0.15) is 5.10 Å². The summed E-state index contributed by atoms with van der Waals surface area (Å²) in [4.78, 5) is 16.5. The Labute approximate surface area is 190 Å². The number of rotatable bonds is 8. The fraction of sp³-hybridized carbons (Fsp3) is 0.409. The van der Waals surface area contributed by atoms with Gasteiger partial charge in [-0.15, -0.1) is 11.3 Å². The van der Waals surface area contributed by atoms with Crippen LogP contribution < -0.4 is 4.74 Å². The second kappa shape index (κ2) is 9.76. The molecule has 0 aliphatic carbocycles. The van der Waals surface area contributed by atoms with Crippen LogP contribution in [-0.2, 0) is 16.1 Å². The van der Waals surface area contributed by atoms with Crippen molar-refractivity contribution in [3.63, 3.8) is 0 Å². The Hall–Kier alpha value is -2.49. The Morgan fingerprint density at radius 1 is 1.42 bits per heavy atom. The molecule has 1 aromatic carbocycles. The van der Waals surface area contributed by atoms with Gasteiger partial charge in [0.05, 0.1) is 18.1 Å². The summed E-state index contributed by atoms with van der Waals surface area (Å²) in [7, 11) is 1.64. The first kappa shape index (κ1) is 21.7. The average molecular weight is 459 g/mol. The molecule has 2 aromatic heterocycles. The molecule has 1 N–H and O–H groups in total. The van der Waals surface area contributed by atoms with E-state index in [9.17, 15) is 4.79 Å². The van der Waals surface area contributed by atoms with Crippen LogP contribution in [0.2, 0.25) is 0 Å². The second-order valence-electron chi connectivity index (χ2n) is 7.54. The highest BCUT2D eigenvalue weighted by atomic mass is 32.1. The van der Waals surface area contributed by atoms with Crippen LogP contribution in [0.25, 0.3) is 10.7 Å². The minimum atomic E-state index is -0.514. The number of thiophene rings is 1. The van der Waals surface area contributed by atoms with Gasteiger partial charge in [-0.05, 0) is 49.5 Å². The molecule has 1 fully saturated rings. The Balaban J connectivity index is 1.64. The summed E-state index contributed by atoms with van der Waals surface area (Å²) < 4.78 is 13.6. The number of methoxy groups -OCH3 is 1. The topological polar surface area (TPSA) is 72.4 Å². The molecule has 164 valence electrons. The van der Waals surface area contributed by atoms with Gasteiger partial charge < -0.3 is 14.4 Å². The van der Waals surface area contributed by atoms with Gasteiger partial charge in [0.1, 0.15) is 11.8 Å². The van der Waals surface area contributed by atoms with E-state index in [0.29, 0.717) is 23.7 Å². The van der Waals surface area contributed by atoms with Crippen molar-refractivity contribution in [2.24, 2.45) is 0 Å². The molecule has 1 aliphatic rings. The zero-order chi connectivity index (χ0) is 21.8. The van der Waals surface area contributed by atoms with E-state index in [2.05, 4.69) is 10.2 Å². The standard InChI is InChI=1S/C22H26N4O3S2/c1-15(26-20(23-24-22(26)30)19-10-6-12-31-19)21(27)25(14-17-8-5-11-29-17)13-16-7-3-4-9-18(16)28-2/h3-4,6-7,9-10,12,15,17H,5,8,11,13-14H2,1-2H3,(H,24,30). The van der Waals surface area contributed by atoms with Crippen molar-refractivity contribution in [2.45, 2.75) is 38.5 Å². The van der Waals surface area contributed by atoms with Gasteiger partial charge in [-0.3, -0.25) is 14.5 Å². The van der Waals surface area contributed by atoms with Crippen molar-refractivity contribution < 1.29 is 14.3 Å². The van der Waals surface area contributed by atoms with E-state index >= 15 is 0 Å². The number of nitrogens with one attached hydrogen (secondary N) is 1. The third-order valence-corrected chi connectivity index (χ3v) is 6.66. The predicted molar refractivity (Wildman–Crippen MR) is 123 cm³/mol. The highest BCUT2D eigenvalue weighted by Gasteiger charge is 2.29. The van der Waals surface area contributed by atoms with Crippen LogP contribution in [0, 0.1) is 4.77 Å². The van der Waals surface area contributed by atoms with Crippen molar-refractivity contribution in [3.8, 4) is 16.5 Å². The van der Waals surface area contributed by atoms with Gasteiger partial charge in [0.2, 0.25) is 5.91 Å². The lowest BCUT2D eigenvalue weighted by molar-refractivity contribution is -0.136. The molecule has 3 heterocycles. The van der Waals surface area contributed by atoms with Gasteiger partial charge in [-0.25, -0.2) is 0 Å². The van der Waals surface area contributed by atoms with Crippen molar-refractivity contribution in [1.82, 2.24) is 19.7 Å². The van der Waals surface area contributed by atoms with Crippen LogP contribution in [0.15, 0.2) is 41.8 Å². The number of hydrogen-bond acceptors (Lipinski definition) is 6. The van der Waals surface area contributed by atoms with Gasteiger partial charge in [0.15, 0.2) is 10.6 Å². The number of benzene rings is 1. The predicted octanol–water partition coefficient (Wildman–Crippen LogP) is 4.45. The number of para-hydroxylation sites is 1. The summed E-state index contributed by atoms with van der Waals surface area (Å²) in [6.45, 7) is 3.58. The van der Waals surface area contributed by atoms with Gasteiger partial charge in [0.25, 0.3) is 0 Å². The molecule has 7 nitrogen and oxygen atoms in total. The molecular weight excluding hydrogens is 432 g/mol. The minimum Gasteiger partial charge on any atom is -0.496 e. The van der Waals surface area contributed by atoms with Gasteiger partial charge in [0, 0.05) is 25.3 Å². The van der Waals surface area contributed by atoms with Crippen LogP contribution in [0.5, 0.6) is 5.75 Å². The molecule has 0 radical (unpaired) electrons. The maximum absolute atomic E-state index is 13.7. The quantitative estimate of drug-likeness (QED) is 0.505. The zero-order valence-corrected chi connectivity index (χ0v) is 19.2. The lowest BCUT2D eigenvalue weighted by atomic mass is 10.1. The van der Waals surface area contributed by atoms with Crippen LogP contribution >= 0.6 is 23.6 Å². The zero-order valence-electron chi connectivity index (χ0n) is 17.6. The van der Waals surface area contributed by atoms with E-state index in [1.807, 2.05) is 53.6 Å². The molecule has 3 aromatic rings. The Morgan fingerprint density at radius 2 is 2.26 bits per heavy atom. The molecule has 9 heteroatoms. The van der Waals surface area contributed by atoms with Crippen LogP contribution in [0.3, 0.4) is 0 Å². The van der Waals surface area contributed by atoms with Crippen LogP contribution in [0.4, 0.5) is 0 Å². The Morgan fingerprint density at radius 3 is 2.97 bits per heavy atom. The summed E-state index contributed by atoms with van der Waals surface area (Å²) in [5.41, 5.74) is 0.956. The summed E-state index contributed by atoms with van der Waals surface area (Å²) in [6, 6.07) is 11.2. The van der Waals surface area contributed by atoms with Crippen molar-refractivity contribution >= 4 is 29.5 Å². The number of hydrogen-bond donors (Lipinski definition) is 1. The largest absolute Gasteiger partial charge is 0.496 e. The lowest BCUT2D eigenvalue weighted by Crippen LogP contribution is -2.40. The molecule has 4 rings (SSSR count). The van der Waals surface area contributed by atoms with E-state index < -0.39 is 6.04 Å². The summed E-state index contributed by atoms with van der Waals surface area (Å²) in [5.74, 6) is 1.41. The average Bonchev–Trinajstić information content (AvgIpc) is 3.55. The van der Waals surface area contributed by atoms with Gasteiger partial charge in [-0.1, -0.05) is 24.3 Å². The first-order chi connectivity index (χ1) is 15.1. The lowest BCUT2D eigenvalue weighted by Gasteiger charge is -2.29. The monoisotopic (exact) mass is 458 g/mol. The van der Waals surface area contributed by atoms with Crippen molar-refractivity contribution in [1.29, 1.82) is 0 Å². The normalized spacial score (nSPS) is 16.9. The molecule has 1 aliphatic heterocycles. The molecule has 2 atom stereocenters. The SMILES string of the molecule is COc1ccccc1CN(CC1CCCO1)C(=O)C(C)n1c(-c2cccs2)n[nH]c1=S. The molecule has 2 unspecified atom stereocenters. The fourth-order valence-corrected chi connectivity index (χ4v) is 4.92. The number of ether oxygens (including phenoxy) is 2. The van der Waals surface area contributed by atoms with E-state index in [1.165, 1.54) is 0 Å². The molecule has 1 saturated heterocycles. The highest BCUT2D eigenvalue weighted by Crippen LogP contribution is 2.28. The number of aromatic amines is 1. The Bertz CT molecular complexity index is 1070. The third-order valence-electron chi connectivity index (χ3n) is 5.50. The maximum Gasteiger partial charge on any atom is 0.245 e. The number of carbonyl (C=O) groups excluding carboxylic acids is 1. The minimum absolute atomic E-state index is 0.0308. The fourth-order valence-electron chi connectivity index (χ4n) is 3.92. The van der Waals surface area contributed by atoms with E-state index in [1.54, 1.807) is 23.0 Å². The van der Waals surface area contributed by atoms with E-state index in [-0.39, 0.29) is 12.0 Å². The number of aromatic nitrogens is 3. The van der Waals surface area contributed by atoms with Gasteiger partial charge >= 0.3 is 0 Å². The van der Waals surface area contributed by atoms with Crippen LogP contribution in [0.1, 0.15) is 31.4 Å². The first-order valence-corrected chi connectivity index (χ1v) is 11.6.